The standard InChI is InChI=1S/C25H26N2O/c1-18-5-4-8-23-22(18)16-24(28)26-25(23)11-13-27(14-12-25)17-19-9-10-20-6-2-3-7-21(20)15-19/h2-10,15H,11-14,16-17H2,1H3,(H,26,28). The summed E-state index contributed by atoms with van der Waals surface area (Å²) in [5, 5.41) is 5.95. The number of carbonyl (C=O) groups is 1. The Bertz CT molecular complexity index is 1050. The molecule has 142 valence electrons. The molecule has 1 fully saturated rings. The highest BCUT2D eigenvalue weighted by Gasteiger charge is 2.42. The average molecular weight is 370 g/mol. The predicted octanol–water partition coefficient (Wildman–Crippen LogP) is 4.31. The topological polar surface area (TPSA) is 32.3 Å². The van der Waals surface area contributed by atoms with Crippen molar-refractivity contribution in [2.45, 2.75) is 38.3 Å². The van der Waals surface area contributed by atoms with Crippen LogP contribution in [0.25, 0.3) is 10.8 Å². The molecule has 0 unspecified atom stereocenters. The number of carbonyl (C=O) groups excluding carboxylic acids is 1. The van der Waals surface area contributed by atoms with E-state index in [2.05, 4.69) is 77.8 Å². The molecule has 0 saturated carbocycles. The van der Waals surface area contributed by atoms with Gasteiger partial charge in [-0.15, -0.1) is 0 Å². The first-order valence-corrected chi connectivity index (χ1v) is 10.2. The fourth-order valence-corrected chi connectivity index (χ4v) is 5.01. The number of benzene rings is 3. The summed E-state index contributed by atoms with van der Waals surface area (Å²) in [5.41, 5.74) is 5.01. The smallest absolute Gasteiger partial charge is 0.225 e. The molecule has 5 rings (SSSR count). The molecule has 0 atom stereocenters. The minimum Gasteiger partial charge on any atom is -0.346 e. The Labute approximate surface area is 166 Å². The normalized spacial score (nSPS) is 18.8. The molecule has 1 saturated heterocycles. The van der Waals surface area contributed by atoms with Crippen LogP contribution in [0.1, 0.15) is 35.1 Å². The maximum atomic E-state index is 12.4. The van der Waals surface area contributed by atoms with Gasteiger partial charge in [-0.05, 0) is 58.9 Å². The number of fused-ring (bicyclic) bond motifs is 3. The Morgan fingerprint density at radius 3 is 2.57 bits per heavy atom. The van der Waals surface area contributed by atoms with Gasteiger partial charge in [-0.2, -0.15) is 0 Å². The van der Waals surface area contributed by atoms with E-state index in [1.54, 1.807) is 0 Å². The van der Waals surface area contributed by atoms with Gasteiger partial charge in [0.1, 0.15) is 0 Å². The molecule has 1 spiro atoms. The summed E-state index contributed by atoms with van der Waals surface area (Å²) in [6, 6.07) is 21.8. The maximum absolute atomic E-state index is 12.4. The molecule has 3 aromatic rings. The van der Waals surface area contributed by atoms with E-state index in [1.165, 1.54) is 33.0 Å². The van der Waals surface area contributed by atoms with Gasteiger partial charge in [0.2, 0.25) is 5.91 Å². The highest BCUT2D eigenvalue weighted by Crippen LogP contribution is 2.39. The summed E-state index contributed by atoms with van der Waals surface area (Å²) in [5.74, 6) is 0.171. The first kappa shape index (κ1) is 17.4. The number of likely N-dealkylation sites (tertiary alicyclic amines) is 1. The fourth-order valence-electron chi connectivity index (χ4n) is 5.01. The van der Waals surface area contributed by atoms with E-state index < -0.39 is 0 Å². The van der Waals surface area contributed by atoms with Crippen molar-refractivity contribution in [3.63, 3.8) is 0 Å². The number of hydrogen-bond acceptors (Lipinski definition) is 2. The lowest BCUT2D eigenvalue weighted by atomic mass is 9.74. The van der Waals surface area contributed by atoms with Crippen LogP contribution in [-0.4, -0.2) is 23.9 Å². The van der Waals surface area contributed by atoms with Gasteiger partial charge in [0.15, 0.2) is 0 Å². The van der Waals surface area contributed by atoms with E-state index in [9.17, 15) is 4.79 Å². The summed E-state index contributed by atoms with van der Waals surface area (Å²) in [7, 11) is 0. The van der Waals surface area contributed by atoms with Crippen molar-refractivity contribution in [2.75, 3.05) is 13.1 Å². The third-order valence-electron chi connectivity index (χ3n) is 6.57. The molecule has 3 nitrogen and oxygen atoms in total. The van der Waals surface area contributed by atoms with Gasteiger partial charge in [-0.3, -0.25) is 9.69 Å². The maximum Gasteiger partial charge on any atom is 0.225 e. The highest BCUT2D eigenvalue weighted by atomic mass is 16.1. The summed E-state index contributed by atoms with van der Waals surface area (Å²) in [6.45, 7) is 5.09. The Hall–Kier alpha value is -2.65. The van der Waals surface area contributed by atoms with Crippen molar-refractivity contribution in [1.82, 2.24) is 10.2 Å². The number of aryl methyl sites for hydroxylation is 1. The number of nitrogens with zero attached hydrogens (tertiary/aromatic N) is 1. The Morgan fingerprint density at radius 2 is 1.75 bits per heavy atom. The predicted molar refractivity (Wildman–Crippen MR) is 113 cm³/mol. The number of nitrogens with one attached hydrogen (secondary N) is 1. The Balaban J connectivity index is 1.35. The molecular weight excluding hydrogens is 344 g/mol. The van der Waals surface area contributed by atoms with Gasteiger partial charge in [-0.1, -0.05) is 54.6 Å². The van der Waals surface area contributed by atoms with E-state index in [0.29, 0.717) is 6.42 Å². The van der Waals surface area contributed by atoms with Crippen molar-refractivity contribution in [3.05, 3.63) is 82.9 Å². The lowest BCUT2D eigenvalue weighted by Crippen LogP contribution is -2.56. The summed E-state index contributed by atoms with van der Waals surface area (Å²) in [6.07, 6.45) is 2.47. The molecule has 0 aliphatic carbocycles. The Morgan fingerprint density at radius 1 is 0.964 bits per heavy atom. The molecule has 3 heteroatoms. The molecule has 1 N–H and O–H groups in total. The van der Waals surface area contributed by atoms with Crippen LogP contribution in [0.3, 0.4) is 0 Å². The monoisotopic (exact) mass is 370 g/mol. The van der Waals surface area contributed by atoms with Crippen LogP contribution in [-0.2, 0) is 23.3 Å². The van der Waals surface area contributed by atoms with E-state index in [0.717, 1.165) is 32.5 Å². The molecule has 3 aromatic carbocycles. The van der Waals surface area contributed by atoms with Gasteiger partial charge in [-0.25, -0.2) is 0 Å². The number of hydrogen-bond donors (Lipinski definition) is 1. The zero-order chi connectivity index (χ0) is 19.1. The quantitative estimate of drug-likeness (QED) is 0.729. The van der Waals surface area contributed by atoms with Crippen LogP contribution < -0.4 is 5.32 Å². The molecule has 0 bridgehead atoms. The van der Waals surface area contributed by atoms with E-state index in [1.807, 2.05) is 0 Å². The molecule has 2 aliphatic heterocycles. The third kappa shape index (κ3) is 3.00. The summed E-state index contributed by atoms with van der Waals surface area (Å²) >= 11 is 0. The highest BCUT2D eigenvalue weighted by molar-refractivity contribution is 5.83. The summed E-state index contributed by atoms with van der Waals surface area (Å²) in [4.78, 5) is 14.9. The molecule has 1 amide bonds. The second-order valence-corrected chi connectivity index (χ2v) is 8.37. The van der Waals surface area contributed by atoms with Crippen molar-refractivity contribution in [2.24, 2.45) is 0 Å². The van der Waals surface area contributed by atoms with Crippen molar-refractivity contribution >= 4 is 16.7 Å². The number of piperidine rings is 1. The average Bonchev–Trinajstić information content (AvgIpc) is 2.71. The van der Waals surface area contributed by atoms with Crippen molar-refractivity contribution < 1.29 is 4.79 Å². The molecule has 2 heterocycles. The van der Waals surface area contributed by atoms with Crippen molar-refractivity contribution in [1.29, 1.82) is 0 Å². The van der Waals surface area contributed by atoms with Crippen LogP contribution in [0.2, 0.25) is 0 Å². The third-order valence-corrected chi connectivity index (χ3v) is 6.57. The first-order valence-electron chi connectivity index (χ1n) is 10.2. The largest absolute Gasteiger partial charge is 0.346 e. The van der Waals surface area contributed by atoms with E-state index in [-0.39, 0.29) is 11.4 Å². The van der Waals surface area contributed by atoms with Gasteiger partial charge < -0.3 is 5.32 Å². The number of amides is 1. The molecule has 28 heavy (non-hydrogen) atoms. The van der Waals surface area contributed by atoms with Crippen LogP contribution >= 0.6 is 0 Å². The fraction of sp³-hybridized carbons (Fsp3) is 0.320. The van der Waals surface area contributed by atoms with Crippen LogP contribution in [0.5, 0.6) is 0 Å². The van der Waals surface area contributed by atoms with E-state index in [4.69, 9.17) is 0 Å². The second kappa shape index (κ2) is 6.75. The Kier molecular flexibility index (Phi) is 4.21. The van der Waals surface area contributed by atoms with Crippen LogP contribution in [0.4, 0.5) is 0 Å². The van der Waals surface area contributed by atoms with Gasteiger partial charge >= 0.3 is 0 Å². The van der Waals surface area contributed by atoms with Gasteiger partial charge in [0, 0.05) is 19.6 Å². The van der Waals surface area contributed by atoms with Crippen LogP contribution in [0.15, 0.2) is 60.7 Å². The zero-order valence-corrected chi connectivity index (χ0v) is 16.4. The minimum atomic E-state index is -0.184. The lowest BCUT2D eigenvalue weighted by molar-refractivity contribution is -0.124. The minimum absolute atomic E-state index is 0.171. The number of rotatable bonds is 2. The zero-order valence-electron chi connectivity index (χ0n) is 16.4. The van der Waals surface area contributed by atoms with Crippen LogP contribution in [0, 0.1) is 6.92 Å². The summed E-state index contributed by atoms with van der Waals surface area (Å²) < 4.78 is 0. The molecule has 2 aliphatic rings. The SMILES string of the molecule is Cc1cccc2c1CC(=O)NC21CCN(Cc2ccc3ccccc3c2)CC1. The molecule has 0 radical (unpaired) electrons. The van der Waals surface area contributed by atoms with E-state index >= 15 is 0 Å². The van der Waals surface area contributed by atoms with Gasteiger partial charge in [0.05, 0.1) is 12.0 Å². The molecular formula is C25H26N2O. The van der Waals surface area contributed by atoms with Crippen molar-refractivity contribution in [3.8, 4) is 0 Å². The first-order chi connectivity index (χ1) is 13.6. The molecule has 0 aromatic heterocycles. The second-order valence-electron chi connectivity index (χ2n) is 8.37. The lowest BCUT2D eigenvalue weighted by Gasteiger charge is -2.46. The van der Waals surface area contributed by atoms with Gasteiger partial charge in [0.25, 0.3) is 0 Å².